The van der Waals surface area contributed by atoms with E-state index in [4.69, 9.17) is 9.84 Å². The number of methoxy groups -OCH3 is 1. The number of carbonyl (C=O) groups is 1. The Hall–Kier alpha value is -1.47. The SMILES string of the molecule is COc1c(C)c(C)c(Br)c(C)c1C#CC(=O)O. The molecule has 3 nitrogen and oxygen atoms in total. The van der Waals surface area contributed by atoms with Crippen LogP contribution >= 0.6 is 15.9 Å². The molecule has 0 bridgehead atoms. The van der Waals surface area contributed by atoms with Crippen molar-refractivity contribution < 1.29 is 14.6 Å². The van der Waals surface area contributed by atoms with Crippen LogP contribution in [0.15, 0.2) is 4.47 Å². The lowest BCUT2D eigenvalue weighted by atomic mass is 9.99. The summed E-state index contributed by atoms with van der Waals surface area (Å²) in [6.45, 7) is 5.78. The van der Waals surface area contributed by atoms with E-state index in [0.29, 0.717) is 11.3 Å². The summed E-state index contributed by atoms with van der Waals surface area (Å²) in [5.74, 6) is 4.24. The van der Waals surface area contributed by atoms with Crippen LogP contribution in [0.1, 0.15) is 22.3 Å². The molecule has 0 atom stereocenters. The fourth-order valence-corrected chi connectivity index (χ4v) is 2.10. The van der Waals surface area contributed by atoms with Gasteiger partial charge in [-0.05, 0) is 37.5 Å². The van der Waals surface area contributed by atoms with Gasteiger partial charge in [0, 0.05) is 10.4 Å². The highest BCUT2D eigenvalue weighted by atomic mass is 79.9. The molecule has 0 saturated heterocycles. The third-order valence-corrected chi connectivity index (χ3v) is 3.85. The maximum atomic E-state index is 10.5. The molecule has 17 heavy (non-hydrogen) atoms. The fourth-order valence-electron chi connectivity index (χ4n) is 1.61. The average Bonchev–Trinajstić information content (AvgIpc) is 2.29. The first-order valence-electron chi connectivity index (χ1n) is 4.98. The smallest absolute Gasteiger partial charge is 0.382 e. The van der Waals surface area contributed by atoms with E-state index in [1.165, 1.54) is 0 Å². The maximum Gasteiger partial charge on any atom is 0.382 e. The van der Waals surface area contributed by atoms with Crippen molar-refractivity contribution in [3.05, 3.63) is 26.7 Å². The second-order valence-corrected chi connectivity index (χ2v) is 4.45. The molecule has 0 heterocycles. The van der Waals surface area contributed by atoms with Crippen molar-refractivity contribution in [1.82, 2.24) is 0 Å². The molecular formula is C13H13BrO3. The molecule has 1 rings (SSSR count). The highest BCUT2D eigenvalue weighted by Gasteiger charge is 2.15. The lowest BCUT2D eigenvalue weighted by molar-refractivity contribution is -0.130. The second-order valence-electron chi connectivity index (χ2n) is 3.65. The molecule has 0 fully saturated rings. The molecule has 0 radical (unpaired) electrons. The molecular weight excluding hydrogens is 284 g/mol. The van der Waals surface area contributed by atoms with Crippen LogP contribution in [-0.4, -0.2) is 18.2 Å². The average molecular weight is 297 g/mol. The number of aliphatic carboxylic acids is 1. The summed E-state index contributed by atoms with van der Waals surface area (Å²) >= 11 is 3.48. The third-order valence-electron chi connectivity index (χ3n) is 2.66. The van der Waals surface area contributed by atoms with E-state index in [9.17, 15) is 4.79 Å². The van der Waals surface area contributed by atoms with Crippen molar-refractivity contribution in [2.75, 3.05) is 7.11 Å². The van der Waals surface area contributed by atoms with Gasteiger partial charge in [-0.25, -0.2) is 4.79 Å². The third kappa shape index (κ3) is 2.62. The van der Waals surface area contributed by atoms with E-state index in [1.807, 2.05) is 20.8 Å². The number of hydrogen-bond acceptors (Lipinski definition) is 2. The Morgan fingerprint density at radius 2 is 1.82 bits per heavy atom. The van der Waals surface area contributed by atoms with E-state index >= 15 is 0 Å². The summed E-state index contributed by atoms with van der Waals surface area (Å²) in [6.07, 6.45) is 0. The van der Waals surface area contributed by atoms with Gasteiger partial charge in [0.1, 0.15) is 5.75 Å². The predicted molar refractivity (Wildman–Crippen MR) is 69.4 cm³/mol. The normalized spacial score (nSPS) is 9.47. The molecule has 0 aliphatic heterocycles. The fraction of sp³-hybridized carbons (Fsp3) is 0.308. The molecule has 0 aliphatic rings. The number of hydrogen-bond donors (Lipinski definition) is 1. The van der Waals surface area contributed by atoms with Gasteiger partial charge in [-0.1, -0.05) is 21.9 Å². The molecule has 0 aromatic heterocycles. The van der Waals surface area contributed by atoms with E-state index in [0.717, 1.165) is 21.2 Å². The van der Waals surface area contributed by atoms with Gasteiger partial charge in [-0.15, -0.1) is 0 Å². The molecule has 4 heteroatoms. The summed E-state index contributed by atoms with van der Waals surface area (Å²) in [5.41, 5.74) is 3.53. The monoisotopic (exact) mass is 296 g/mol. The zero-order chi connectivity index (χ0) is 13.2. The highest BCUT2D eigenvalue weighted by Crippen LogP contribution is 2.35. The Balaban J connectivity index is 3.60. The van der Waals surface area contributed by atoms with Crippen molar-refractivity contribution in [3.8, 4) is 17.6 Å². The van der Waals surface area contributed by atoms with Crippen LogP contribution in [0.5, 0.6) is 5.75 Å². The number of benzene rings is 1. The van der Waals surface area contributed by atoms with Crippen molar-refractivity contribution in [3.63, 3.8) is 0 Å². The number of ether oxygens (including phenoxy) is 1. The molecule has 1 N–H and O–H groups in total. The zero-order valence-electron chi connectivity index (χ0n) is 10.1. The van der Waals surface area contributed by atoms with Crippen LogP contribution in [0.2, 0.25) is 0 Å². The Morgan fingerprint density at radius 1 is 1.24 bits per heavy atom. The highest BCUT2D eigenvalue weighted by molar-refractivity contribution is 9.10. The lowest BCUT2D eigenvalue weighted by Gasteiger charge is -2.15. The van der Waals surface area contributed by atoms with E-state index < -0.39 is 5.97 Å². The van der Waals surface area contributed by atoms with Crippen LogP contribution in [0.4, 0.5) is 0 Å². The standard InChI is InChI=1S/C13H13BrO3/c1-7-8(2)13(17-4)10(5-6-11(15)16)9(3)12(7)14/h1-4H3,(H,15,16). The topological polar surface area (TPSA) is 46.5 Å². The Bertz CT molecular complexity index is 536. The van der Waals surface area contributed by atoms with Gasteiger partial charge in [-0.3, -0.25) is 0 Å². The van der Waals surface area contributed by atoms with Crippen molar-refractivity contribution in [2.45, 2.75) is 20.8 Å². The van der Waals surface area contributed by atoms with Gasteiger partial charge >= 0.3 is 5.97 Å². The Kier molecular flexibility index (Phi) is 4.19. The van der Waals surface area contributed by atoms with Crippen LogP contribution in [0.3, 0.4) is 0 Å². The second kappa shape index (κ2) is 5.24. The molecule has 0 spiro atoms. The summed E-state index contributed by atoms with van der Waals surface area (Å²) in [7, 11) is 1.56. The van der Waals surface area contributed by atoms with Gasteiger partial charge < -0.3 is 9.84 Å². The number of carboxylic acids is 1. The van der Waals surface area contributed by atoms with Gasteiger partial charge in [0.2, 0.25) is 0 Å². The van der Waals surface area contributed by atoms with Gasteiger partial charge in [0.25, 0.3) is 0 Å². The number of rotatable bonds is 1. The van der Waals surface area contributed by atoms with Crippen LogP contribution in [0, 0.1) is 32.6 Å². The Morgan fingerprint density at radius 3 is 2.29 bits per heavy atom. The van der Waals surface area contributed by atoms with Gasteiger partial charge in [-0.2, -0.15) is 0 Å². The molecule has 90 valence electrons. The molecule has 0 aliphatic carbocycles. The first-order chi connectivity index (χ1) is 7.90. The van der Waals surface area contributed by atoms with Crippen LogP contribution in [0.25, 0.3) is 0 Å². The van der Waals surface area contributed by atoms with Crippen LogP contribution in [-0.2, 0) is 4.79 Å². The Labute approximate surface area is 109 Å². The maximum absolute atomic E-state index is 10.5. The molecule has 0 saturated carbocycles. The van der Waals surface area contributed by atoms with Crippen molar-refractivity contribution in [2.24, 2.45) is 0 Å². The van der Waals surface area contributed by atoms with Crippen molar-refractivity contribution >= 4 is 21.9 Å². The van der Waals surface area contributed by atoms with E-state index in [1.54, 1.807) is 7.11 Å². The summed E-state index contributed by atoms with van der Waals surface area (Å²) in [6, 6.07) is 0. The minimum atomic E-state index is -1.15. The minimum Gasteiger partial charge on any atom is -0.495 e. The van der Waals surface area contributed by atoms with E-state index in [2.05, 4.69) is 27.8 Å². The predicted octanol–water partition coefficient (Wildman–Crippen LogP) is 2.82. The minimum absolute atomic E-state index is 0.616. The summed E-state index contributed by atoms with van der Waals surface area (Å²) in [4.78, 5) is 10.5. The first kappa shape index (κ1) is 13.6. The molecule has 0 amide bonds. The first-order valence-corrected chi connectivity index (χ1v) is 5.77. The largest absolute Gasteiger partial charge is 0.495 e. The van der Waals surface area contributed by atoms with Crippen molar-refractivity contribution in [1.29, 1.82) is 0 Å². The zero-order valence-corrected chi connectivity index (χ0v) is 11.7. The summed E-state index contributed by atoms with van der Waals surface area (Å²) < 4.78 is 6.24. The van der Waals surface area contributed by atoms with Gasteiger partial charge in [0.15, 0.2) is 0 Å². The lowest BCUT2D eigenvalue weighted by Crippen LogP contribution is -1.99. The number of carboxylic acid groups (broad SMARTS) is 1. The quantitative estimate of drug-likeness (QED) is 0.811. The molecule has 1 aromatic rings. The van der Waals surface area contributed by atoms with E-state index in [-0.39, 0.29) is 0 Å². The van der Waals surface area contributed by atoms with Gasteiger partial charge in [0.05, 0.1) is 12.7 Å². The number of halogens is 1. The van der Waals surface area contributed by atoms with Crippen LogP contribution < -0.4 is 4.74 Å². The molecule has 1 aromatic carbocycles. The molecule has 0 unspecified atom stereocenters. The summed E-state index contributed by atoms with van der Waals surface area (Å²) in [5, 5.41) is 8.60.